The number of ether oxygens (including phenoxy) is 1. The summed E-state index contributed by atoms with van der Waals surface area (Å²) in [6.07, 6.45) is 2.89. The zero-order valence-electron chi connectivity index (χ0n) is 10.5. The third-order valence-corrected chi connectivity index (χ3v) is 3.91. The number of para-hydroxylation sites is 1. The fourth-order valence-corrected chi connectivity index (χ4v) is 2.83. The van der Waals surface area contributed by atoms with E-state index in [1.807, 2.05) is 24.3 Å². The minimum atomic E-state index is -0.653. The van der Waals surface area contributed by atoms with E-state index in [1.54, 1.807) is 6.26 Å². The largest absolute Gasteiger partial charge is 0.464 e. The van der Waals surface area contributed by atoms with Crippen molar-refractivity contribution in [2.75, 3.05) is 13.2 Å². The van der Waals surface area contributed by atoms with Crippen LogP contribution in [0.4, 0.5) is 0 Å². The van der Waals surface area contributed by atoms with Crippen LogP contribution in [0.1, 0.15) is 18.4 Å². The molecule has 0 aliphatic carbocycles. The lowest BCUT2D eigenvalue weighted by Crippen LogP contribution is -2.50. The molecule has 1 amide bonds. The summed E-state index contributed by atoms with van der Waals surface area (Å²) < 4.78 is 10.9. The van der Waals surface area contributed by atoms with Crippen LogP contribution < -0.4 is 11.3 Å². The number of fused-ring (bicyclic) bond motifs is 1. The molecule has 0 spiro atoms. The van der Waals surface area contributed by atoms with Crippen LogP contribution in [0.5, 0.6) is 0 Å². The number of carbonyl (C=O) groups is 1. The molecule has 0 unspecified atom stereocenters. The van der Waals surface area contributed by atoms with E-state index in [2.05, 4.69) is 5.43 Å². The third kappa shape index (κ3) is 1.82. The lowest BCUT2D eigenvalue weighted by atomic mass is 9.73. The number of amides is 1. The van der Waals surface area contributed by atoms with Gasteiger partial charge < -0.3 is 9.15 Å². The highest BCUT2D eigenvalue weighted by Gasteiger charge is 2.43. The summed E-state index contributed by atoms with van der Waals surface area (Å²) in [5, 5.41) is 0.966. The van der Waals surface area contributed by atoms with Gasteiger partial charge in [-0.2, -0.15) is 0 Å². The third-order valence-electron chi connectivity index (χ3n) is 3.91. The van der Waals surface area contributed by atoms with Crippen LogP contribution in [0.25, 0.3) is 11.0 Å². The molecule has 0 atom stereocenters. The van der Waals surface area contributed by atoms with Crippen molar-refractivity contribution in [1.29, 1.82) is 0 Å². The number of furan rings is 1. The minimum absolute atomic E-state index is 0.178. The quantitative estimate of drug-likeness (QED) is 0.487. The van der Waals surface area contributed by atoms with E-state index in [0.29, 0.717) is 26.1 Å². The first kappa shape index (κ1) is 12.2. The van der Waals surface area contributed by atoms with E-state index >= 15 is 0 Å². The maximum Gasteiger partial charge on any atom is 0.244 e. The Morgan fingerprint density at radius 2 is 2.00 bits per heavy atom. The van der Waals surface area contributed by atoms with E-state index in [0.717, 1.165) is 16.5 Å². The van der Waals surface area contributed by atoms with Crippen LogP contribution in [0.2, 0.25) is 0 Å². The first-order chi connectivity index (χ1) is 9.28. The minimum Gasteiger partial charge on any atom is -0.464 e. The van der Waals surface area contributed by atoms with E-state index in [4.69, 9.17) is 15.0 Å². The zero-order valence-corrected chi connectivity index (χ0v) is 10.5. The number of hydrazine groups is 1. The molecular formula is C14H16N2O3. The molecule has 0 bridgehead atoms. The monoisotopic (exact) mass is 260 g/mol. The summed E-state index contributed by atoms with van der Waals surface area (Å²) in [4.78, 5) is 12.3. The maximum absolute atomic E-state index is 12.3. The molecule has 100 valence electrons. The van der Waals surface area contributed by atoms with Gasteiger partial charge in [0.05, 0.1) is 11.7 Å². The summed E-state index contributed by atoms with van der Waals surface area (Å²) in [7, 11) is 0. The first-order valence-electron chi connectivity index (χ1n) is 6.33. The van der Waals surface area contributed by atoms with Crippen molar-refractivity contribution >= 4 is 16.9 Å². The fourth-order valence-electron chi connectivity index (χ4n) is 2.83. The Kier molecular flexibility index (Phi) is 3.00. The summed E-state index contributed by atoms with van der Waals surface area (Å²) in [5.41, 5.74) is 3.32. The van der Waals surface area contributed by atoms with Crippen LogP contribution in [0.15, 0.2) is 34.9 Å². The molecule has 1 aromatic carbocycles. The second-order valence-corrected chi connectivity index (χ2v) is 4.81. The van der Waals surface area contributed by atoms with Gasteiger partial charge in [-0.05, 0) is 18.9 Å². The first-order valence-corrected chi connectivity index (χ1v) is 6.33. The Labute approximate surface area is 110 Å². The van der Waals surface area contributed by atoms with Crippen molar-refractivity contribution in [3.8, 4) is 0 Å². The van der Waals surface area contributed by atoms with Gasteiger partial charge in [-0.15, -0.1) is 0 Å². The lowest BCUT2D eigenvalue weighted by molar-refractivity contribution is -0.130. The van der Waals surface area contributed by atoms with Crippen molar-refractivity contribution < 1.29 is 13.9 Å². The summed E-state index contributed by atoms with van der Waals surface area (Å²) in [6.45, 7) is 1.10. The molecule has 5 nitrogen and oxygen atoms in total. The molecule has 2 heterocycles. The molecule has 1 fully saturated rings. The molecule has 3 rings (SSSR count). The van der Waals surface area contributed by atoms with Crippen LogP contribution in [-0.2, 0) is 14.9 Å². The van der Waals surface area contributed by atoms with Crippen molar-refractivity contribution in [1.82, 2.24) is 5.43 Å². The van der Waals surface area contributed by atoms with Crippen LogP contribution in [-0.4, -0.2) is 19.1 Å². The van der Waals surface area contributed by atoms with Gasteiger partial charge >= 0.3 is 0 Å². The maximum atomic E-state index is 12.3. The van der Waals surface area contributed by atoms with Gasteiger partial charge in [-0.25, -0.2) is 5.84 Å². The van der Waals surface area contributed by atoms with E-state index in [1.165, 1.54) is 0 Å². The number of rotatable bonds is 2. The smallest absolute Gasteiger partial charge is 0.244 e. The highest BCUT2D eigenvalue weighted by Crippen LogP contribution is 2.39. The fraction of sp³-hybridized carbons (Fsp3) is 0.357. The molecule has 5 heteroatoms. The predicted octanol–water partition coefficient (Wildman–Crippen LogP) is 1.47. The molecule has 19 heavy (non-hydrogen) atoms. The predicted molar refractivity (Wildman–Crippen MR) is 70.3 cm³/mol. The second kappa shape index (κ2) is 4.68. The normalized spacial score (nSPS) is 18.4. The highest BCUT2D eigenvalue weighted by atomic mass is 16.5. The van der Waals surface area contributed by atoms with Gasteiger partial charge in [0.15, 0.2) is 0 Å². The molecule has 1 saturated heterocycles. The molecule has 0 saturated carbocycles. The number of nitrogens with two attached hydrogens (primary N) is 1. The summed E-state index contributed by atoms with van der Waals surface area (Å²) >= 11 is 0. The number of carbonyl (C=O) groups excluding carboxylic acids is 1. The molecule has 3 N–H and O–H groups in total. The molecule has 0 radical (unpaired) electrons. The molecule has 1 aromatic heterocycles. The summed E-state index contributed by atoms with van der Waals surface area (Å²) in [6, 6.07) is 7.71. The van der Waals surface area contributed by atoms with Crippen molar-refractivity contribution in [3.63, 3.8) is 0 Å². The van der Waals surface area contributed by atoms with Crippen LogP contribution in [0.3, 0.4) is 0 Å². The van der Waals surface area contributed by atoms with Gasteiger partial charge in [0.1, 0.15) is 5.58 Å². The van der Waals surface area contributed by atoms with Crippen molar-refractivity contribution in [2.24, 2.45) is 5.84 Å². The van der Waals surface area contributed by atoms with Crippen molar-refractivity contribution in [2.45, 2.75) is 18.3 Å². The lowest BCUT2D eigenvalue weighted by Gasteiger charge is -2.34. The van der Waals surface area contributed by atoms with E-state index < -0.39 is 5.41 Å². The standard InChI is InChI=1S/C14H16N2O3/c15-16-13(17)14(5-7-18-8-6-14)11-9-19-12-4-2-1-3-10(11)12/h1-4,9H,5-8,15H2,(H,16,17). The molecule has 1 aliphatic heterocycles. The summed E-state index contributed by atoms with van der Waals surface area (Å²) in [5.74, 6) is 5.19. The topological polar surface area (TPSA) is 77.5 Å². The number of benzene rings is 1. The van der Waals surface area contributed by atoms with E-state index in [9.17, 15) is 4.79 Å². The van der Waals surface area contributed by atoms with Gasteiger partial charge in [0.2, 0.25) is 5.91 Å². The van der Waals surface area contributed by atoms with Gasteiger partial charge in [0, 0.05) is 24.2 Å². The highest BCUT2D eigenvalue weighted by molar-refractivity contribution is 5.94. The SMILES string of the molecule is NNC(=O)C1(c2coc3ccccc23)CCOCC1. The second-order valence-electron chi connectivity index (χ2n) is 4.81. The number of nitrogens with one attached hydrogen (secondary N) is 1. The Bertz CT molecular complexity index is 600. The number of hydrogen-bond donors (Lipinski definition) is 2. The molecular weight excluding hydrogens is 244 g/mol. The van der Waals surface area contributed by atoms with Crippen LogP contribution in [0, 0.1) is 0 Å². The average Bonchev–Trinajstić information content (AvgIpc) is 2.91. The number of hydrogen-bond acceptors (Lipinski definition) is 4. The van der Waals surface area contributed by atoms with Gasteiger partial charge in [-0.3, -0.25) is 10.2 Å². The average molecular weight is 260 g/mol. The van der Waals surface area contributed by atoms with Crippen LogP contribution >= 0.6 is 0 Å². The molecule has 1 aliphatic rings. The Morgan fingerprint density at radius 3 is 2.74 bits per heavy atom. The molecule has 2 aromatic rings. The Balaban J connectivity index is 2.16. The van der Waals surface area contributed by atoms with Gasteiger partial charge in [-0.1, -0.05) is 18.2 Å². The van der Waals surface area contributed by atoms with Gasteiger partial charge in [0.25, 0.3) is 0 Å². The van der Waals surface area contributed by atoms with E-state index in [-0.39, 0.29) is 5.91 Å². The van der Waals surface area contributed by atoms with Crippen molar-refractivity contribution in [3.05, 3.63) is 36.1 Å². The Morgan fingerprint density at radius 1 is 1.26 bits per heavy atom. The Hall–Kier alpha value is -1.85. The zero-order chi connectivity index (χ0) is 13.3.